The summed E-state index contributed by atoms with van der Waals surface area (Å²) < 4.78 is 16.2. The molecule has 1 aliphatic heterocycles. The van der Waals surface area contributed by atoms with Crippen molar-refractivity contribution < 1.29 is 14.4 Å². The van der Waals surface area contributed by atoms with Gasteiger partial charge in [-0.2, -0.15) is 0 Å². The van der Waals surface area contributed by atoms with Crippen LogP contribution in [-0.4, -0.2) is 34.2 Å². The Kier molecular flexibility index (Phi) is 4.22. The van der Waals surface area contributed by atoms with Crippen molar-refractivity contribution in [3.05, 3.63) is 70.7 Å². The molecule has 134 valence electrons. The molecule has 0 spiro atoms. The number of rotatable bonds is 3. The molecule has 1 aliphatic rings. The molecular formula is C20H20FN3O2. The highest BCUT2D eigenvalue weighted by atomic mass is 19.1. The summed E-state index contributed by atoms with van der Waals surface area (Å²) in [5.41, 5.74) is 6.52. The van der Waals surface area contributed by atoms with Gasteiger partial charge in [0, 0.05) is 35.1 Å². The molecule has 2 aromatic carbocycles. The van der Waals surface area contributed by atoms with Gasteiger partial charge in [-0.1, -0.05) is 12.1 Å². The third kappa shape index (κ3) is 2.87. The number of hydrogen-bond acceptors (Lipinski definition) is 3. The number of likely N-dealkylation sites (N-methyl/N-ethyl adjacent to an activating group) is 1. The highest BCUT2D eigenvalue weighted by Crippen LogP contribution is 2.31. The van der Waals surface area contributed by atoms with E-state index in [4.69, 9.17) is 5.21 Å². The SMILES string of the molecule is CN1CCc2c(Cc3ccc(C(=O)NO)cc3)c3cc(F)ccc3n2C1. The number of aromatic nitrogens is 1. The second kappa shape index (κ2) is 6.55. The maximum Gasteiger partial charge on any atom is 0.274 e. The third-order valence-electron chi connectivity index (χ3n) is 5.06. The number of benzene rings is 2. The molecule has 26 heavy (non-hydrogen) atoms. The van der Waals surface area contributed by atoms with Crippen molar-refractivity contribution in [3.63, 3.8) is 0 Å². The lowest BCUT2D eigenvalue weighted by molar-refractivity contribution is 0.0706. The van der Waals surface area contributed by atoms with Gasteiger partial charge in [-0.25, -0.2) is 9.87 Å². The van der Waals surface area contributed by atoms with Crippen LogP contribution in [0, 0.1) is 5.82 Å². The average Bonchev–Trinajstić information content (AvgIpc) is 2.94. The highest BCUT2D eigenvalue weighted by molar-refractivity contribution is 5.93. The minimum Gasteiger partial charge on any atom is -0.331 e. The molecule has 2 heterocycles. The van der Waals surface area contributed by atoms with Crippen molar-refractivity contribution in [2.75, 3.05) is 13.6 Å². The summed E-state index contributed by atoms with van der Waals surface area (Å²) in [5, 5.41) is 9.67. The summed E-state index contributed by atoms with van der Waals surface area (Å²) in [4.78, 5) is 13.7. The maximum absolute atomic E-state index is 13.9. The molecule has 0 atom stereocenters. The van der Waals surface area contributed by atoms with Gasteiger partial charge in [0.2, 0.25) is 0 Å². The van der Waals surface area contributed by atoms with Crippen molar-refractivity contribution in [3.8, 4) is 0 Å². The van der Waals surface area contributed by atoms with E-state index in [0.717, 1.165) is 41.7 Å². The molecule has 0 unspecified atom stereocenters. The minimum absolute atomic E-state index is 0.231. The Hall–Kier alpha value is -2.70. The van der Waals surface area contributed by atoms with Gasteiger partial charge in [0.25, 0.3) is 5.91 Å². The molecule has 4 rings (SSSR count). The lowest BCUT2D eigenvalue weighted by Gasteiger charge is -2.26. The fourth-order valence-electron chi connectivity index (χ4n) is 3.75. The maximum atomic E-state index is 13.9. The molecule has 0 aliphatic carbocycles. The van der Waals surface area contributed by atoms with Crippen LogP contribution >= 0.6 is 0 Å². The van der Waals surface area contributed by atoms with E-state index in [0.29, 0.717) is 12.0 Å². The topological polar surface area (TPSA) is 57.5 Å². The molecule has 0 saturated heterocycles. The molecule has 0 fully saturated rings. The third-order valence-corrected chi connectivity index (χ3v) is 5.06. The Morgan fingerprint density at radius 1 is 1.23 bits per heavy atom. The van der Waals surface area contributed by atoms with Crippen molar-refractivity contribution in [1.29, 1.82) is 0 Å². The fraction of sp³-hybridized carbons (Fsp3) is 0.250. The zero-order chi connectivity index (χ0) is 18.3. The van der Waals surface area contributed by atoms with Crippen molar-refractivity contribution >= 4 is 16.8 Å². The van der Waals surface area contributed by atoms with E-state index in [1.807, 2.05) is 18.2 Å². The summed E-state index contributed by atoms with van der Waals surface area (Å²) in [6.45, 7) is 1.77. The van der Waals surface area contributed by atoms with E-state index < -0.39 is 5.91 Å². The number of halogens is 1. The lowest BCUT2D eigenvalue weighted by atomic mass is 9.99. The van der Waals surface area contributed by atoms with Crippen LogP contribution in [0.2, 0.25) is 0 Å². The van der Waals surface area contributed by atoms with Gasteiger partial charge in [-0.3, -0.25) is 14.9 Å². The minimum atomic E-state index is -0.534. The van der Waals surface area contributed by atoms with E-state index in [9.17, 15) is 9.18 Å². The standard InChI is InChI=1S/C20H20FN3O2/c1-23-9-8-19-16(10-13-2-4-14(5-3-13)20(25)22-26)17-11-15(21)6-7-18(17)24(19)12-23/h2-7,11,26H,8-10,12H2,1H3,(H,22,25). The van der Waals surface area contributed by atoms with Crippen LogP contribution in [-0.2, 0) is 19.5 Å². The monoisotopic (exact) mass is 353 g/mol. The molecule has 0 saturated carbocycles. The van der Waals surface area contributed by atoms with Gasteiger partial charge in [-0.15, -0.1) is 0 Å². The van der Waals surface area contributed by atoms with Crippen LogP contribution in [0.1, 0.15) is 27.2 Å². The first-order chi connectivity index (χ1) is 12.6. The summed E-state index contributed by atoms with van der Waals surface area (Å²) in [6, 6.07) is 12.1. The normalized spacial score (nSPS) is 14.4. The number of nitrogens with zero attached hydrogens (tertiary/aromatic N) is 2. The predicted molar refractivity (Wildman–Crippen MR) is 96.7 cm³/mol. The van der Waals surface area contributed by atoms with Gasteiger partial charge in [0.1, 0.15) is 5.82 Å². The van der Waals surface area contributed by atoms with E-state index >= 15 is 0 Å². The Morgan fingerprint density at radius 2 is 2.00 bits per heavy atom. The zero-order valence-electron chi connectivity index (χ0n) is 14.5. The van der Waals surface area contributed by atoms with Crippen molar-refractivity contribution in [2.24, 2.45) is 0 Å². The molecule has 0 radical (unpaired) electrons. The smallest absolute Gasteiger partial charge is 0.274 e. The molecular weight excluding hydrogens is 333 g/mol. The quantitative estimate of drug-likeness (QED) is 0.562. The van der Waals surface area contributed by atoms with Gasteiger partial charge in [-0.05, 0) is 54.9 Å². The predicted octanol–water partition coefficient (Wildman–Crippen LogP) is 2.94. The van der Waals surface area contributed by atoms with Crippen LogP contribution in [0.4, 0.5) is 4.39 Å². The molecule has 1 amide bonds. The second-order valence-corrected chi connectivity index (χ2v) is 6.80. The number of amides is 1. The van der Waals surface area contributed by atoms with E-state index in [2.05, 4.69) is 16.5 Å². The Balaban J connectivity index is 1.76. The molecule has 6 heteroatoms. The van der Waals surface area contributed by atoms with E-state index in [1.165, 1.54) is 11.8 Å². The average molecular weight is 353 g/mol. The molecule has 0 bridgehead atoms. The summed E-state index contributed by atoms with van der Waals surface area (Å²) >= 11 is 0. The molecule has 3 aromatic rings. The molecule has 2 N–H and O–H groups in total. The Bertz CT molecular complexity index is 979. The Morgan fingerprint density at radius 3 is 2.73 bits per heavy atom. The van der Waals surface area contributed by atoms with Gasteiger partial charge in [0.15, 0.2) is 0 Å². The Labute approximate surface area is 150 Å². The largest absolute Gasteiger partial charge is 0.331 e. The summed E-state index contributed by atoms with van der Waals surface area (Å²) in [5.74, 6) is -0.765. The van der Waals surface area contributed by atoms with Crippen LogP contribution in [0.5, 0.6) is 0 Å². The van der Waals surface area contributed by atoms with Gasteiger partial charge < -0.3 is 4.57 Å². The lowest BCUT2D eigenvalue weighted by Crippen LogP contribution is -2.31. The van der Waals surface area contributed by atoms with Crippen molar-refractivity contribution in [1.82, 2.24) is 14.9 Å². The second-order valence-electron chi connectivity index (χ2n) is 6.80. The number of carbonyl (C=O) groups is 1. The number of hydroxylamine groups is 1. The van der Waals surface area contributed by atoms with Crippen LogP contribution in [0.3, 0.4) is 0 Å². The van der Waals surface area contributed by atoms with Gasteiger partial charge in [0.05, 0.1) is 6.67 Å². The number of hydrogen-bond donors (Lipinski definition) is 2. The summed E-state index contributed by atoms with van der Waals surface area (Å²) in [6.07, 6.45) is 1.60. The van der Waals surface area contributed by atoms with Crippen LogP contribution in [0.15, 0.2) is 42.5 Å². The first-order valence-electron chi connectivity index (χ1n) is 8.58. The number of nitrogens with one attached hydrogen (secondary N) is 1. The first kappa shape index (κ1) is 16.8. The molecule has 5 nitrogen and oxygen atoms in total. The van der Waals surface area contributed by atoms with E-state index in [1.54, 1.807) is 23.7 Å². The highest BCUT2D eigenvalue weighted by Gasteiger charge is 2.22. The zero-order valence-corrected chi connectivity index (χ0v) is 14.5. The van der Waals surface area contributed by atoms with Crippen molar-refractivity contribution in [2.45, 2.75) is 19.5 Å². The number of carbonyl (C=O) groups excluding carboxylic acids is 1. The van der Waals surface area contributed by atoms with Crippen LogP contribution < -0.4 is 5.48 Å². The fourth-order valence-corrected chi connectivity index (χ4v) is 3.75. The van der Waals surface area contributed by atoms with Gasteiger partial charge >= 0.3 is 0 Å². The summed E-state index contributed by atoms with van der Waals surface area (Å²) in [7, 11) is 2.09. The molecule has 1 aromatic heterocycles. The van der Waals surface area contributed by atoms with E-state index in [-0.39, 0.29) is 5.82 Å². The van der Waals surface area contributed by atoms with Crippen LogP contribution in [0.25, 0.3) is 10.9 Å². The first-order valence-corrected chi connectivity index (χ1v) is 8.58. The number of fused-ring (bicyclic) bond motifs is 3.